The maximum atomic E-state index is 12.7. The van der Waals surface area contributed by atoms with Crippen LogP contribution in [0.15, 0.2) is 53.4 Å². The molecule has 0 bridgehead atoms. The van der Waals surface area contributed by atoms with Gasteiger partial charge in [-0.15, -0.1) is 0 Å². The van der Waals surface area contributed by atoms with Crippen molar-refractivity contribution in [1.82, 2.24) is 4.90 Å². The first kappa shape index (κ1) is 22.1. The first-order valence-corrected chi connectivity index (χ1v) is 11.4. The van der Waals surface area contributed by atoms with Crippen LogP contribution in [0.3, 0.4) is 0 Å². The van der Waals surface area contributed by atoms with Crippen molar-refractivity contribution in [2.45, 2.75) is 13.3 Å². The Morgan fingerprint density at radius 3 is 2.41 bits per heavy atom. The molecule has 0 unspecified atom stereocenters. The number of carbonyl (C=O) groups excluding carboxylic acids is 3. The van der Waals surface area contributed by atoms with Crippen molar-refractivity contribution in [2.24, 2.45) is 0 Å². The minimum atomic E-state index is -0.447. The van der Waals surface area contributed by atoms with Crippen LogP contribution >= 0.6 is 11.8 Å². The molecule has 0 atom stereocenters. The lowest BCUT2D eigenvalue weighted by Gasteiger charge is -2.28. The first-order chi connectivity index (χ1) is 15.5. The monoisotopic (exact) mass is 451 g/mol. The normalized spacial score (nSPS) is 17.8. The van der Waals surface area contributed by atoms with Gasteiger partial charge in [-0.05, 0) is 59.7 Å². The van der Waals surface area contributed by atoms with Gasteiger partial charge in [-0.25, -0.2) is 0 Å². The zero-order valence-electron chi connectivity index (χ0n) is 17.9. The largest absolute Gasteiger partial charge is 0.378 e. The summed E-state index contributed by atoms with van der Waals surface area (Å²) in [6.45, 7) is 4.83. The second-order valence-corrected chi connectivity index (χ2v) is 8.55. The number of ether oxygens (including phenoxy) is 1. The smallest absolute Gasteiger partial charge is 0.294 e. The van der Waals surface area contributed by atoms with E-state index >= 15 is 0 Å². The van der Waals surface area contributed by atoms with E-state index in [4.69, 9.17) is 4.74 Å². The van der Waals surface area contributed by atoms with Crippen LogP contribution < -0.4 is 10.2 Å². The number of hydrogen-bond donors (Lipinski definition) is 1. The van der Waals surface area contributed by atoms with Gasteiger partial charge in [-0.1, -0.05) is 31.2 Å². The van der Waals surface area contributed by atoms with Crippen molar-refractivity contribution in [1.29, 1.82) is 0 Å². The van der Waals surface area contributed by atoms with Crippen LogP contribution in [0.1, 0.15) is 18.1 Å². The molecule has 2 heterocycles. The van der Waals surface area contributed by atoms with Gasteiger partial charge >= 0.3 is 0 Å². The van der Waals surface area contributed by atoms with E-state index in [0.717, 1.165) is 47.4 Å². The summed E-state index contributed by atoms with van der Waals surface area (Å²) in [5, 5.41) is 2.32. The van der Waals surface area contributed by atoms with Gasteiger partial charge in [0, 0.05) is 24.5 Å². The molecule has 8 heteroatoms. The van der Waals surface area contributed by atoms with E-state index in [1.807, 2.05) is 48.5 Å². The molecule has 2 aromatic carbocycles. The quantitative estimate of drug-likeness (QED) is 0.674. The van der Waals surface area contributed by atoms with Gasteiger partial charge in [0.15, 0.2) is 0 Å². The maximum Gasteiger partial charge on any atom is 0.294 e. The average Bonchev–Trinajstić information content (AvgIpc) is 3.08. The van der Waals surface area contributed by atoms with E-state index in [9.17, 15) is 14.4 Å². The van der Waals surface area contributed by atoms with Gasteiger partial charge in [0.2, 0.25) is 5.91 Å². The Morgan fingerprint density at radius 1 is 1.06 bits per heavy atom. The number of amides is 3. The molecule has 4 rings (SSSR count). The first-order valence-electron chi connectivity index (χ1n) is 10.6. The maximum absolute atomic E-state index is 12.7. The number of benzene rings is 2. The van der Waals surface area contributed by atoms with E-state index in [-0.39, 0.29) is 6.54 Å². The van der Waals surface area contributed by atoms with Crippen molar-refractivity contribution in [2.75, 3.05) is 43.1 Å². The molecule has 7 nitrogen and oxygen atoms in total. The van der Waals surface area contributed by atoms with Crippen LogP contribution in [0.2, 0.25) is 0 Å². The highest BCUT2D eigenvalue weighted by molar-refractivity contribution is 8.18. The summed E-state index contributed by atoms with van der Waals surface area (Å²) in [5.74, 6) is -0.864. The lowest BCUT2D eigenvalue weighted by atomic mass is 10.1. The minimum absolute atomic E-state index is 0.317. The zero-order valence-corrected chi connectivity index (χ0v) is 18.7. The number of rotatable bonds is 6. The fraction of sp³-hybridized carbons (Fsp3) is 0.292. The highest BCUT2D eigenvalue weighted by Crippen LogP contribution is 2.32. The molecule has 0 spiro atoms. The summed E-state index contributed by atoms with van der Waals surface area (Å²) < 4.78 is 5.36. The SMILES string of the molecule is CCc1ccc(/C=C2\SC(=O)N(CC(=O)Nc3ccc(N4CCOCC4)cc3)C2=O)cc1. The minimum Gasteiger partial charge on any atom is -0.378 e. The number of morpholine rings is 1. The van der Waals surface area contributed by atoms with Crippen molar-refractivity contribution in [3.05, 3.63) is 64.6 Å². The number of imide groups is 1. The number of thioether (sulfide) groups is 1. The van der Waals surface area contributed by atoms with E-state index in [2.05, 4.69) is 17.1 Å². The van der Waals surface area contributed by atoms with Crippen LogP contribution in [0.25, 0.3) is 6.08 Å². The third kappa shape index (κ3) is 5.20. The molecule has 0 aliphatic carbocycles. The molecule has 2 saturated heterocycles. The molecule has 32 heavy (non-hydrogen) atoms. The van der Waals surface area contributed by atoms with Crippen LogP contribution in [0.5, 0.6) is 0 Å². The van der Waals surface area contributed by atoms with Crippen LogP contribution in [-0.2, 0) is 20.7 Å². The molecule has 2 fully saturated rings. The fourth-order valence-electron chi connectivity index (χ4n) is 3.56. The Hall–Kier alpha value is -3.10. The molecule has 2 aliphatic rings. The van der Waals surface area contributed by atoms with E-state index < -0.39 is 17.1 Å². The Bertz CT molecular complexity index is 1030. The summed E-state index contributed by atoms with van der Waals surface area (Å²) in [6, 6.07) is 15.3. The van der Waals surface area contributed by atoms with Crippen molar-refractivity contribution < 1.29 is 19.1 Å². The highest BCUT2D eigenvalue weighted by atomic mass is 32.2. The average molecular weight is 452 g/mol. The molecule has 0 radical (unpaired) electrons. The van der Waals surface area contributed by atoms with Gasteiger partial charge in [0.05, 0.1) is 18.1 Å². The summed E-state index contributed by atoms with van der Waals surface area (Å²) in [7, 11) is 0. The molecule has 0 saturated carbocycles. The van der Waals surface area contributed by atoms with Gasteiger partial charge in [0.1, 0.15) is 6.54 Å². The number of aryl methyl sites for hydroxylation is 1. The fourth-order valence-corrected chi connectivity index (χ4v) is 4.40. The van der Waals surface area contributed by atoms with Crippen molar-refractivity contribution in [3.63, 3.8) is 0 Å². The molecule has 0 aromatic heterocycles. The van der Waals surface area contributed by atoms with E-state index in [0.29, 0.717) is 23.8 Å². The second-order valence-electron chi connectivity index (χ2n) is 7.56. The number of nitrogens with zero attached hydrogens (tertiary/aromatic N) is 2. The lowest BCUT2D eigenvalue weighted by Crippen LogP contribution is -2.36. The van der Waals surface area contributed by atoms with Gasteiger partial charge < -0.3 is 15.0 Å². The van der Waals surface area contributed by atoms with Gasteiger partial charge in [-0.2, -0.15) is 0 Å². The molecule has 2 aromatic rings. The predicted molar refractivity (Wildman–Crippen MR) is 127 cm³/mol. The van der Waals surface area contributed by atoms with Crippen LogP contribution in [0.4, 0.5) is 16.2 Å². The predicted octanol–water partition coefficient (Wildman–Crippen LogP) is 3.76. The molecule has 3 amide bonds. The Balaban J connectivity index is 1.35. The van der Waals surface area contributed by atoms with Crippen molar-refractivity contribution in [3.8, 4) is 0 Å². The topological polar surface area (TPSA) is 79.0 Å². The Labute approximate surface area is 191 Å². The number of carbonyl (C=O) groups is 3. The van der Waals surface area contributed by atoms with E-state index in [1.165, 1.54) is 5.56 Å². The molecular formula is C24H25N3O4S. The number of hydrogen-bond acceptors (Lipinski definition) is 6. The zero-order chi connectivity index (χ0) is 22.5. The third-order valence-electron chi connectivity index (χ3n) is 5.39. The second kappa shape index (κ2) is 10.0. The molecule has 2 aliphatic heterocycles. The van der Waals surface area contributed by atoms with Gasteiger partial charge in [-0.3, -0.25) is 19.3 Å². The summed E-state index contributed by atoms with van der Waals surface area (Å²) in [4.78, 5) is 41.0. The Morgan fingerprint density at radius 2 is 1.75 bits per heavy atom. The number of anilines is 2. The lowest BCUT2D eigenvalue weighted by molar-refractivity contribution is -0.127. The molecular weight excluding hydrogens is 426 g/mol. The molecule has 166 valence electrons. The van der Waals surface area contributed by atoms with Crippen LogP contribution in [-0.4, -0.2) is 54.8 Å². The van der Waals surface area contributed by atoms with Crippen molar-refractivity contribution >= 4 is 46.3 Å². The van der Waals surface area contributed by atoms with Gasteiger partial charge in [0.25, 0.3) is 11.1 Å². The standard InChI is InChI=1S/C24H25N3O4S/c1-2-17-3-5-18(6-4-17)15-21-23(29)27(24(30)32-21)16-22(28)25-19-7-9-20(10-8-19)26-11-13-31-14-12-26/h3-10,15H,2,11-14,16H2,1H3,(H,25,28)/b21-15-. The third-order valence-corrected chi connectivity index (χ3v) is 6.30. The Kier molecular flexibility index (Phi) is 6.92. The van der Waals surface area contributed by atoms with Crippen LogP contribution in [0, 0.1) is 0 Å². The summed E-state index contributed by atoms with van der Waals surface area (Å²) in [5.41, 5.74) is 3.72. The highest BCUT2D eigenvalue weighted by Gasteiger charge is 2.36. The summed E-state index contributed by atoms with van der Waals surface area (Å²) >= 11 is 0.855. The van der Waals surface area contributed by atoms with E-state index in [1.54, 1.807) is 6.08 Å². The molecule has 1 N–H and O–H groups in total. The summed E-state index contributed by atoms with van der Waals surface area (Å²) in [6.07, 6.45) is 2.62. The number of nitrogens with one attached hydrogen (secondary N) is 1.